The van der Waals surface area contributed by atoms with Gasteiger partial charge in [0.2, 0.25) is 0 Å². The quantitative estimate of drug-likeness (QED) is 0.623. The number of aromatic nitrogens is 1. The molecule has 5 heteroatoms. The van der Waals surface area contributed by atoms with E-state index in [0.29, 0.717) is 11.8 Å². The smallest absolute Gasteiger partial charge is 0.303 e. The summed E-state index contributed by atoms with van der Waals surface area (Å²) in [7, 11) is 0. The Balaban J connectivity index is 1.49. The summed E-state index contributed by atoms with van der Waals surface area (Å²) in [6, 6.07) is 0. The second-order valence-corrected chi connectivity index (χ2v) is 9.88. The summed E-state index contributed by atoms with van der Waals surface area (Å²) in [6.45, 7) is 3.18. The fourth-order valence-electron chi connectivity index (χ4n) is 7.16. The molecule has 1 aromatic heterocycles. The molecule has 0 radical (unpaired) electrons. The van der Waals surface area contributed by atoms with Crippen LogP contribution in [0.4, 0.5) is 5.82 Å². The molecule has 1 heterocycles. The zero-order valence-corrected chi connectivity index (χ0v) is 17.0. The molecule has 2 atom stereocenters. The van der Waals surface area contributed by atoms with Crippen LogP contribution in [0.3, 0.4) is 0 Å². The molecule has 0 aromatic carbocycles. The first-order chi connectivity index (χ1) is 13.4. The number of fused-ring (bicyclic) bond motifs is 1. The van der Waals surface area contributed by atoms with E-state index in [9.17, 15) is 9.59 Å². The highest BCUT2D eigenvalue weighted by molar-refractivity contribution is 5.96. The van der Waals surface area contributed by atoms with Crippen LogP contribution in [0.25, 0.3) is 0 Å². The number of carbonyl (C=O) groups is 2. The normalized spacial score (nSPS) is 35.4. The fraction of sp³-hybridized carbons (Fsp3) is 0.696. The lowest BCUT2D eigenvalue weighted by Crippen LogP contribution is -2.63. The van der Waals surface area contributed by atoms with Crippen LogP contribution in [0.1, 0.15) is 86.7 Å². The third-order valence-electron chi connectivity index (χ3n) is 7.53. The molecule has 1 aromatic rings. The summed E-state index contributed by atoms with van der Waals surface area (Å²) < 4.78 is 5.93. The summed E-state index contributed by atoms with van der Waals surface area (Å²) in [4.78, 5) is 28.6. The van der Waals surface area contributed by atoms with E-state index < -0.39 is 0 Å². The molecule has 0 saturated heterocycles. The van der Waals surface area contributed by atoms with E-state index in [1.165, 1.54) is 24.5 Å². The molecule has 5 aliphatic rings. The Kier molecular flexibility index (Phi) is 4.08. The van der Waals surface area contributed by atoms with Crippen LogP contribution >= 0.6 is 0 Å². The zero-order valence-electron chi connectivity index (χ0n) is 17.0. The van der Waals surface area contributed by atoms with Gasteiger partial charge in [0.05, 0.1) is 0 Å². The SMILES string of the molecule is CC(=O)OC12CC3CC(CC(Nc4ncc(C(C)=O)c5c4CCCC5)(C3)C1)C2. The van der Waals surface area contributed by atoms with Crippen molar-refractivity contribution in [3.8, 4) is 0 Å². The van der Waals surface area contributed by atoms with Gasteiger partial charge in [-0.3, -0.25) is 9.59 Å². The van der Waals surface area contributed by atoms with Gasteiger partial charge in [0, 0.05) is 30.6 Å². The molecule has 1 N–H and O–H groups in total. The van der Waals surface area contributed by atoms with Crippen molar-refractivity contribution in [2.24, 2.45) is 11.8 Å². The van der Waals surface area contributed by atoms with Gasteiger partial charge in [-0.15, -0.1) is 0 Å². The van der Waals surface area contributed by atoms with E-state index >= 15 is 0 Å². The number of pyridine rings is 1. The minimum absolute atomic E-state index is 0.0323. The van der Waals surface area contributed by atoms with E-state index in [2.05, 4.69) is 5.32 Å². The lowest BCUT2D eigenvalue weighted by Gasteiger charge is -2.61. The van der Waals surface area contributed by atoms with Gasteiger partial charge in [-0.1, -0.05) is 0 Å². The van der Waals surface area contributed by atoms with Crippen LogP contribution in [0.2, 0.25) is 0 Å². The van der Waals surface area contributed by atoms with Crippen LogP contribution in [-0.4, -0.2) is 27.9 Å². The minimum Gasteiger partial charge on any atom is -0.459 e. The first-order valence-corrected chi connectivity index (χ1v) is 10.9. The summed E-state index contributed by atoms with van der Waals surface area (Å²) in [6.07, 6.45) is 12.5. The molecule has 6 rings (SSSR count). The van der Waals surface area contributed by atoms with Crippen molar-refractivity contribution in [3.05, 3.63) is 22.9 Å². The first-order valence-electron chi connectivity index (χ1n) is 10.9. The van der Waals surface area contributed by atoms with Crippen molar-refractivity contribution in [1.82, 2.24) is 4.98 Å². The third-order valence-corrected chi connectivity index (χ3v) is 7.53. The Labute approximate surface area is 166 Å². The molecule has 4 fully saturated rings. The number of hydrogen-bond donors (Lipinski definition) is 1. The Bertz CT molecular complexity index is 832. The second kappa shape index (κ2) is 6.30. The Morgan fingerprint density at radius 3 is 2.39 bits per heavy atom. The predicted octanol–water partition coefficient (Wildman–Crippen LogP) is 4.23. The van der Waals surface area contributed by atoms with Gasteiger partial charge in [0.25, 0.3) is 0 Å². The number of anilines is 1. The number of ketones is 1. The van der Waals surface area contributed by atoms with Gasteiger partial charge >= 0.3 is 5.97 Å². The topological polar surface area (TPSA) is 68.3 Å². The molecule has 0 aliphatic heterocycles. The van der Waals surface area contributed by atoms with Crippen LogP contribution in [-0.2, 0) is 22.4 Å². The molecule has 5 nitrogen and oxygen atoms in total. The number of esters is 1. The molecular weight excluding hydrogens is 352 g/mol. The summed E-state index contributed by atoms with van der Waals surface area (Å²) in [5, 5.41) is 3.87. The molecular formula is C23H30N2O3. The van der Waals surface area contributed by atoms with Crippen molar-refractivity contribution >= 4 is 17.6 Å². The molecule has 5 aliphatic carbocycles. The molecule has 28 heavy (non-hydrogen) atoms. The maximum atomic E-state index is 12.1. The number of carbonyl (C=O) groups excluding carboxylic acids is 2. The number of rotatable bonds is 4. The number of nitrogens with one attached hydrogen (secondary N) is 1. The molecule has 2 unspecified atom stereocenters. The number of ether oxygens (including phenoxy) is 1. The van der Waals surface area contributed by atoms with Gasteiger partial charge in [-0.2, -0.15) is 0 Å². The van der Waals surface area contributed by atoms with Crippen LogP contribution in [0.5, 0.6) is 0 Å². The lowest BCUT2D eigenvalue weighted by molar-refractivity contribution is -0.185. The number of nitrogens with zero attached hydrogens (tertiary/aromatic N) is 1. The minimum atomic E-state index is -0.289. The van der Waals surface area contributed by atoms with Gasteiger partial charge in [-0.05, 0) is 87.7 Å². The average Bonchev–Trinajstić information content (AvgIpc) is 2.59. The van der Waals surface area contributed by atoms with Crippen LogP contribution in [0, 0.1) is 11.8 Å². The van der Waals surface area contributed by atoms with Gasteiger partial charge < -0.3 is 10.1 Å². The fourth-order valence-corrected chi connectivity index (χ4v) is 7.16. The monoisotopic (exact) mass is 382 g/mol. The Hall–Kier alpha value is -1.91. The highest BCUT2D eigenvalue weighted by Gasteiger charge is 2.59. The number of Topliss-reactive ketones (excluding diaryl/α,β-unsaturated/α-hetero) is 1. The average molecular weight is 383 g/mol. The second-order valence-electron chi connectivity index (χ2n) is 9.88. The Morgan fingerprint density at radius 2 is 1.75 bits per heavy atom. The van der Waals surface area contributed by atoms with E-state index in [0.717, 1.165) is 69.2 Å². The number of hydrogen-bond acceptors (Lipinski definition) is 5. The van der Waals surface area contributed by atoms with Crippen molar-refractivity contribution in [1.29, 1.82) is 0 Å². The molecule has 150 valence electrons. The zero-order chi connectivity index (χ0) is 19.5. The largest absolute Gasteiger partial charge is 0.459 e. The van der Waals surface area contributed by atoms with Crippen molar-refractivity contribution in [2.45, 2.75) is 89.2 Å². The van der Waals surface area contributed by atoms with Crippen LogP contribution in [0.15, 0.2) is 6.20 Å². The van der Waals surface area contributed by atoms with Crippen molar-refractivity contribution in [3.63, 3.8) is 0 Å². The highest BCUT2D eigenvalue weighted by atomic mass is 16.6. The van der Waals surface area contributed by atoms with Crippen LogP contribution < -0.4 is 5.32 Å². The van der Waals surface area contributed by atoms with E-state index in [1.807, 2.05) is 0 Å². The van der Waals surface area contributed by atoms with Crippen molar-refractivity contribution < 1.29 is 14.3 Å². The third kappa shape index (κ3) is 2.94. The Morgan fingerprint density at radius 1 is 1.07 bits per heavy atom. The van der Waals surface area contributed by atoms with E-state index in [1.54, 1.807) is 13.1 Å². The molecule has 4 bridgehead atoms. The molecule has 0 amide bonds. The van der Waals surface area contributed by atoms with Crippen molar-refractivity contribution in [2.75, 3.05) is 5.32 Å². The van der Waals surface area contributed by atoms with Gasteiger partial charge in [-0.25, -0.2) is 4.98 Å². The maximum absolute atomic E-state index is 12.1. The summed E-state index contributed by atoms with van der Waals surface area (Å²) in [5.74, 6) is 2.18. The maximum Gasteiger partial charge on any atom is 0.303 e. The van der Waals surface area contributed by atoms with Gasteiger partial charge in [0.1, 0.15) is 11.4 Å². The molecule has 4 saturated carbocycles. The van der Waals surface area contributed by atoms with E-state index in [-0.39, 0.29) is 22.9 Å². The molecule has 0 spiro atoms. The summed E-state index contributed by atoms with van der Waals surface area (Å²) >= 11 is 0. The standard InChI is InChI=1S/C23H30N2O3/c1-14(26)20-12-24-21(19-6-4-3-5-18(19)20)25-22-8-16-7-17(9-22)11-23(10-16,13-22)28-15(2)27/h12,16-17H,3-11,13H2,1-2H3,(H,24,25). The van der Waals surface area contributed by atoms with E-state index in [4.69, 9.17) is 9.72 Å². The summed E-state index contributed by atoms with van der Waals surface area (Å²) in [5.41, 5.74) is 2.92. The highest BCUT2D eigenvalue weighted by Crippen LogP contribution is 2.59. The van der Waals surface area contributed by atoms with Gasteiger partial charge in [0.15, 0.2) is 5.78 Å². The first kappa shape index (κ1) is 18.1. The predicted molar refractivity (Wildman–Crippen MR) is 106 cm³/mol. The lowest BCUT2D eigenvalue weighted by atomic mass is 9.51.